The zero-order chi connectivity index (χ0) is 15.1. The number of ether oxygens (including phenoxy) is 1. The third kappa shape index (κ3) is 5.90. The van der Waals surface area contributed by atoms with Crippen LogP contribution < -0.4 is 5.32 Å². The van der Waals surface area contributed by atoms with Crippen molar-refractivity contribution < 1.29 is 19.4 Å². The van der Waals surface area contributed by atoms with Crippen molar-refractivity contribution in [3.63, 3.8) is 0 Å². The van der Waals surface area contributed by atoms with Gasteiger partial charge in [0.2, 0.25) is 5.91 Å². The average Bonchev–Trinajstić information content (AvgIpc) is 2.79. The summed E-state index contributed by atoms with van der Waals surface area (Å²) in [6.07, 6.45) is 3.27. The van der Waals surface area contributed by atoms with Gasteiger partial charge in [-0.2, -0.15) is 0 Å². The third-order valence-electron chi connectivity index (χ3n) is 4.01. The molecule has 1 saturated heterocycles. The molecule has 0 aromatic carbocycles. The molecule has 20 heavy (non-hydrogen) atoms. The van der Waals surface area contributed by atoms with Crippen molar-refractivity contribution in [2.75, 3.05) is 6.54 Å². The Bertz CT molecular complexity index is 330. The van der Waals surface area contributed by atoms with E-state index in [0.29, 0.717) is 24.8 Å². The molecule has 0 spiro atoms. The lowest BCUT2D eigenvalue weighted by Gasteiger charge is -2.20. The van der Waals surface area contributed by atoms with E-state index >= 15 is 0 Å². The van der Waals surface area contributed by atoms with Gasteiger partial charge in [0, 0.05) is 13.0 Å². The standard InChI is InChI=1S/C15H27NO4/c1-10(2)12(5-7-14(17)18)8-9-16-15(19)13-6-4-11(3)20-13/h10-13H,4-9H2,1-3H3,(H,16,19)(H,17,18). The lowest BCUT2D eigenvalue weighted by Crippen LogP contribution is -2.36. The van der Waals surface area contributed by atoms with Gasteiger partial charge in [0.15, 0.2) is 0 Å². The molecule has 0 aromatic heterocycles. The topological polar surface area (TPSA) is 75.6 Å². The van der Waals surface area contributed by atoms with Gasteiger partial charge in [-0.05, 0) is 44.4 Å². The molecule has 0 saturated carbocycles. The Morgan fingerprint density at radius 1 is 1.30 bits per heavy atom. The Morgan fingerprint density at radius 2 is 2.00 bits per heavy atom. The second-order valence-electron chi connectivity index (χ2n) is 6.03. The molecule has 1 aliphatic heterocycles. The van der Waals surface area contributed by atoms with Crippen molar-refractivity contribution >= 4 is 11.9 Å². The van der Waals surface area contributed by atoms with Gasteiger partial charge < -0.3 is 15.2 Å². The van der Waals surface area contributed by atoms with Gasteiger partial charge in [-0.15, -0.1) is 0 Å². The molecular formula is C15H27NO4. The molecule has 0 aliphatic carbocycles. The van der Waals surface area contributed by atoms with E-state index < -0.39 is 5.97 Å². The van der Waals surface area contributed by atoms with Crippen molar-refractivity contribution in [3.05, 3.63) is 0 Å². The predicted octanol–water partition coefficient (Wildman–Crippen LogP) is 2.20. The van der Waals surface area contributed by atoms with Crippen LogP contribution in [0.25, 0.3) is 0 Å². The van der Waals surface area contributed by atoms with Crippen LogP contribution in [0.2, 0.25) is 0 Å². The van der Waals surface area contributed by atoms with Crippen LogP contribution in [-0.2, 0) is 14.3 Å². The molecule has 3 unspecified atom stereocenters. The van der Waals surface area contributed by atoms with Crippen LogP contribution in [0.1, 0.15) is 52.9 Å². The number of carboxylic acid groups (broad SMARTS) is 1. The molecule has 1 heterocycles. The molecule has 1 aliphatic rings. The maximum atomic E-state index is 11.9. The minimum Gasteiger partial charge on any atom is -0.481 e. The third-order valence-corrected chi connectivity index (χ3v) is 4.01. The van der Waals surface area contributed by atoms with Crippen LogP contribution in [0, 0.1) is 11.8 Å². The molecule has 1 fully saturated rings. The molecule has 1 rings (SSSR count). The summed E-state index contributed by atoms with van der Waals surface area (Å²) >= 11 is 0. The minimum atomic E-state index is -0.756. The van der Waals surface area contributed by atoms with E-state index in [1.807, 2.05) is 6.92 Å². The molecule has 3 atom stereocenters. The molecule has 5 heteroatoms. The fourth-order valence-corrected chi connectivity index (χ4v) is 2.61. The van der Waals surface area contributed by atoms with E-state index in [1.54, 1.807) is 0 Å². The average molecular weight is 285 g/mol. The highest BCUT2D eigenvalue weighted by molar-refractivity contribution is 5.80. The fraction of sp³-hybridized carbons (Fsp3) is 0.867. The molecule has 1 amide bonds. The monoisotopic (exact) mass is 285 g/mol. The summed E-state index contributed by atoms with van der Waals surface area (Å²) in [5.74, 6) is -0.0352. The molecule has 5 nitrogen and oxygen atoms in total. The maximum Gasteiger partial charge on any atom is 0.303 e. The summed E-state index contributed by atoms with van der Waals surface area (Å²) in [4.78, 5) is 22.5. The lowest BCUT2D eigenvalue weighted by atomic mass is 9.88. The number of hydrogen-bond acceptors (Lipinski definition) is 3. The summed E-state index contributed by atoms with van der Waals surface area (Å²) in [6, 6.07) is 0. The SMILES string of the molecule is CC1CCC(C(=O)NCCC(CCC(=O)O)C(C)C)O1. The van der Waals surface area contributed by atoms with Gasteiger partial charge in [0.05, 0.1) is 6.10 Å². The molecular weight excluding hydrogens is 258 g/mol. The lowest BCUT2D eigenvalue weighted by molar-refractivity contribution is -0.137. The molecule has 0 bridgehead atoms. The predicted molar refractivity (Wildman–Crippen MR) is 76.4 cm³/mol. The zero-order valence-electron chi connectivity index (χ0n) is 12.7. The quantitative estimate of drug-likeness (QED) is 0.717. The van der Waals surface area contributed by atoms with Crippen LogP contribution in [0.5, 0.6) is 0 Å². The number of carbonyl (C=O) groups excluding carboxylic acids is 1. The second kappa shape index (κ2) is 8.25. The highest BCUT2D eigenvalue weighted by Crippen LogP contribution is 2.21. The first-order valence-electron chi connectivity index (χ1n) is 7.55. The Balaban J connectivity index is 2.25. The van der Waals surface area contributed by atoms with Crippen molar-refractivity contribution in [2.24, 2.45) is 11.8 Å². The van der Waals surface area contributed by atoms with Crippen LogP contribution in [0.15, 0.2) is 0 Å². The largest absolute Gasteiger partial charge is 0.481 e. The first-order chi connectivity index (χ1) is 9.40. The van der Waals surface area contributed by atoms with E-state index in [9.17, 15) is 9.59 Å². The van der Waals surface area contributed by atoms with Crippen LogP contribution in [0.4, 0.5) is 0 Å². The van der Waals surface area contributed by atoms with Gasteiger partial charge >= 0.3 is 5.97 Å². The highest BCUT2D eigenvalue weighted by Gasteiger charge is 2.27. The fourth-order valence-electron chi connectivity index (χ4n) is 2.61. The van der Waals surface area contributed by atoms with Crippen LogP contribution in [0.3, 0.4) is 0 Å². The van der Waals surface area contributed by atoms with Crippen molar-refractivity contribution in [1.82, 2.24) is 5.32 Å². The number of carbonyl (C=O) groups is 2. The Hall–Kier alpha value is -1.10. The minimum absolute atomic E-state index is 0.0323. The summed E-state index contributed by atoms with van der Waals surface area (Å²) in [7, 11) is 0. The van der Waals surface area contributed by atoms with E-state index in [-0.39, 0.29) is 24.5 Å². The molecule has 2 N–H and O–H groups in total. The van der Waals surface area contributed by atoms with Crippen molar-refractivity contribution in [1.29, 1.82) is 0 Å². The first kappa shape index (κ1) is 17.0. The number of aliphatic carboxylic acids is 1. The zero-order valence-corrected chi connectivity index (χ0v) is 12.7. The summed E-state index contributed by atoms with van der Waals surface area (Å²) < 4.78 is 5.52. The first-order valence-corrected chi connectivity index (χ1v) is 7.55. The van der Waals surface area contributed by atoms with E-state index in [2.05, 4.69) is 19.2 Å². The van der Waals surface area contributed by atoms with Gasteiger partial charge in [-0.1, -0.05) is 13.8 Å². The molecule has 0 aromatic rings. The van der Waals surface area contributed by atoms with Gasteiger partial charge in [-0.3, -0.25) is 9.59 Å². The summed E-state index contributed by atoms with van der Waals surface area (Å²) in [5.41, 5.74) is 0. The Labute approximate surface area is 121 Å². The van der Waals surface area contributed by atoms with E-state index in [1.165, 1.54) is 0 Å². The Kier molecular flexibility index (Phi) is 6.99. The van der Waals surface area contributed by atoms with E-state index in [0.717, 1.165) is 19.3 Å². The van der Waals surface area contributed by atoms with Crippen molar-refractivity contribution in [3.8, 4) is 0 Å². The Morgan fingerprint density at radius 3 is 2.50 bits per heavy atom. The number of amides is 1. The number of carboxylic acids is 1. The highest BCUT2D eigenvalue weighted by atomic mass is 16.5. The summed E-state index contributed by atoms with van der Waals surface area (Å²) in [5, 5.41) is 11.6. The molecule has 116 valence electrons. The smallest absolute Gasteiger partial charge is 0.303 e. The van der Waals surface area contributed by atoms with Crippen LogP contribution >= 0.6 is 0 Å². The molecule has 0 radical (unpaired) electrons. The van der Waals surface area contributed by atoms with Crippen LogP contribution in [-0.4, -0.2) is 35.7 Å². The van der Waals surface area contributed by atoms with Gasteiger partial charge in [0.25, 0.3) is 0 Å². The number of nitrogens with one attached hydrogen (secondary N) is 1. The normalized spacial score (nSPS) is 23.8. The summed E-state index contributed by atoms with van der Waals surface area (Å²) in [6.45, 7) is 6.76. The number of rotatable bonds is 8. The van der Waals surface area contributed by atoms with E-state index in [4.69, 9.17) is 9.84 Å². The number of hydrogen-bond donors (Lipinski definition) is 2. The maximum absolute atomic E-state index is 11.9. The van der Waals surface area contributed by atoms with Gasteiger partial charge in [-0.25, -0.2) is 0 Å². The van der Waals surface area contributed by atoms with Crippen molar-refractivity contribution in [2.45, 2.75) is 65.1 Å². The van der Waals surface area contributed by atoms with Gasteiger partial charge in [0.1, 0.15) is 6.10 Å². The second-order valence-corrected chi connectivity index (χ2v) is 6.03.